The average molecular weight is 340 g/mol. The lowest BCUT2D eigenvalue weighted by Crippen LogP contribution is -2.60. The van der Waals surface area contributed by atoms with Gasteiger partial charge in [0.2, 0.25) is 5.91 Å². The zero-order valence-corrected chi connectivity index (χ0v) is 13.3. The molecule has 4 nitrogen and oxygen atoms in total. The minimum absolute atomic E-state index is 0.0865. The fraction of sp³-hybridized carbons (Fsp3) is 0.529. The van der Waals surface area contributed by atoms with Crippen LogP contribution in [0.25, 0.3) is 0 Å². The highest BCUT2D eigenvalue weighted by molar-refractivity contribution is 5.91. The molecular formula is C17H19F3N2O2. The standard InChI is InChI=1S/C17H19F3N2O2/c1-11(23)16(12-5-2-3-6-13(12)17(18,19)20)14-7-4-10-22(14)15(24)8-9-21-16/h2-3,5-6,14,21H,4,7-10H2,1H3. The molecule has 2 saturated heterocycles. The van der Waals surface area contributed by atoms with Gasteiger partial charge in [-0.15, -0.1) is 0 Å². The zero-order valence-electron chi connectivity index (χ0n) is 13.3. The Balaban J connectivity index is 2.23. The summed E-state index contributed by atoms with van der Waals surface area (Å²) in [6.07, 6.45) is -3.20. The van der Waals surface area contributed by atoms with Gasteiger partial charge in [0.15, 0.2) is 5.78 Å². The first-order chi connectivity index (χ1) is 11.3. The van der Waals surface area contributed by atoms with Crippen molar-refractivity contribution in [2.24, 2.45) is 0 Å². The van der Waals surface area contributed by atoms with Gasteiger partial charge < -0.3 is 4.90 Å². The molecule has 0 radical (unpaired) electrons. The molecule has 1 aromatic carbocycles. The number of benzene rings is 1. The van der Waals surface area contributed by atoms with Crippen LogP contribution >= 0.6 is 0 Å². The van der Waals surface area contributed by atoms with Crippen LogP contribution in [-0.4, -0.2) is 35.7 Å². The number of rotatable bonds is 2. The van der Waals surface area contributed by atoms with Crippen LogP contribution in [0.1, 0.15) is 37.3 Å². The summed E-state index contributed by atoms with van der Waals surface area (Å²) in [5.74, 6) is -0.511. The molecule has 2 aliphatic rings. The third-order valence-corrected chi connectivity index (χ3v) is 5.03. The maximum absolute atomic E-state index is 13.5. The minimum atomic E-state index is -4.57. The summed E-state index contributed by atoms with van der Waals surface area (Å²) in [6.45, 7) is 1.96. The van der Waals surface area contributed by atoms with E-state index in [2.05, 4.69) is 5.32 Å². The molecule has 2 heterocycles. The van der Waals surface area contributed by atoms with E-state index in [1.165, 1.54) is 25.1 Å². The predicted molar refractivity (Wildman–Crippen MR) is 81.2 cm³/mol. The number of ketones is 1. The van der Waals surface area contributed by atoms with Crippen LogP contribution in [-0.2, 0) is 21.3 Å². The Morgan fingerprint density at radius 3 is 2.71 bits per heavy atom. The molecule has 3 rings (SSSR count). The van der Waals surface area contributed by atoms with Gasteiger partial charge in [-0.3, -0.25) is 14.9 Å². The monoisotopic (exact) mass is 340 g/mol. The molecule has 2 atom stereocenters. The van der Waals surface area contributed by atoms with Crippen LogP contribution in [0.3, 0.4) is 0 Å². The number of Topliss-reactive ketones (excluding diaryl/α,β-unsaturated/α-hetero) is 1. The molecule has 24 heavy (non-hydrogen) atoms. The molecule has 0 saturated carbocycles. The number of fused-ring (bicyclic) bond motifs is 1. The maximum atomic E-state index is 13.5. The van der Waals surface area contributed by atoms with Gasteiger partial charge in [0, 0.05) is 19.5 Å². The molecular weight excluding hydrogens is 321 g/mol. The van der Waals surface area contributed by atoms with Gasteiger partial charge in [-0.05, 0) is 31.4 Å². The molecule has 2 unspecified atom stereocenters. The lowest BCUT2D eigenvalue weighted by molar-refractivity contribution is -0.140. The number of alkyl halides is 3. The van der Waals surface area contributed by atoms with Crippen molar-refractivity contribution < 1.29 is 22.8 Å². The van der Waals surface area contributed by atoms with Crippen molar-refractivity contribution in [3.8, 4) is 0 Å². The molecule has 0 bridgehead atoms. The average Bonchev–Trinajstić information content (AvgIpc) is 2.95. The predicted octanol–water partition coefficient (Wildman–Crippen LogP) is 2.47. The van der Waals surface area contributed by atoms with Crippen molar-refractivity contribution in [2.75, 3.05) is 13.1 Å². The van der Waals surface area contributed by atoms with E-state index in [9.17, 15) is 22.8 Å². The second-order valence-corrected chi connectivity index (χ2v) is 6.33. The highest BCUT2D eigenvalue weighted by Gasteiger charge is 2.54. The maximum Gasteiger partial charge on any atom is 0.416 e. The van der Waals surface area contributed by atoms with Crippen LogP contribution in [0.15, 0.2) is 24.3 Å². The fourth-order valence-corrected chi connectivity index (χ4v) is 4.04. The summed E-state index contributed by atoms with van der Waals surface area (Å²) in [6, 6.07) is 4.57. The summed E-state index contributed by atoms with van der Waals surface area (Å²) in [4.78, 5) is 26.5. The minimum Gasteiger partial charge on any atom is -0.337 e. The number of nitrogens with zero attached hydrogens (tertiary/aromatic N) is 1. The molecule has 130 valence electrons. The number of carbonyl (C=O) groups excluding carboxylic acids is 2. The van der Waals surface area contributed by atoms with Crippen molar-refractivity contribution in [1.29, 1.82) is 0 Å². The van der Waals surface area contributed by atoms with Gasteiger partial charge in [-0.2, -0.15) is 13.2 Å². The molecule has 1 amide bonds. The summed E-state index contributed by atoms with van der Waals surface area (Å²) in [5.41, 5.74) is -2.43. The smallest absolute Gasteiger partial charge is 0.337 e. The lowest BCUT2D eigenvalue weighted by atomic mass is 9.76. The van der Waals surface area contributed by atoms with Crippen molar-refractivity contribution in [1.82, 2.24) is 10.2 Å². The Kier molecular flexibility index (Phi) is 4.15. The number of nitrogens with one attached hydrogen (secondary N) is 1. The first-order valence-electron chi connectivity index (χ1n) is 8.00. The van der Waals surface area contributed by atoms with Gasteiger partial charge in [-0.25, -0.2) is 0 Å². The van der Waals surface area contributed by atoms with Gasteiger partial charge in [-0.1, -0.05) is 18.2 Å². The van der Waals surface area contributed by atoms with E-state index >= 15 is 0 Å². The number of halogens is 3. The van der Waals surface area contributed by atoms with Gasteiger partial charge in [0.25, 0.3) is 0 Å². The van der Waals surface area contributed by atoms with Crippen LogP contribution < -0.4 is 5.32 Å². The summed E-state index contributed by atoms with van der Waals surface area (Å²) in [5, 5.41) is 3.01. The van der Waals surface area contributed by atoms with Crippen molar-refractivity contribution in [3.05, 3.63) is 35.4 Å². The number of amides is 1. The molecule has 0 aliphatic carbocycles. The Morgan fingerprint density at radius 1 is 1.33 bits per heavy atom. The van der Waals surface area contributed by atoms with Gasteiger partial charge in [0.05, 0.1) is 11.6 Å². The number of carbonyl (C=O) groups is 2. The van der Waals surface area contributed by atoms with Crippen molar-refractivity contribution in [2.45, 2.75) is 43.9 Å². The third-order valence-electron chi connectivity index (χ3n) is 5.03. The Morgan fingerprint density at radius 2 is 2.04 bits per heavy atom. The third kappa shape index (κ3) is 2.51. The van der Waals surface area contributed by atoms with Crippen LogP contribution in [0, 0.1) is 0 Å². The SMILES string of the molecule is CC(=O)C1(c2ccccc2C(F)(F)F)NCCC(=O)N2CCCC21. The molecule has 1 N–H and O–H groups in total. The molecule has 1 aromatic rings. The summed E-state index contributed by atoms with van der Waals surface area (Å²) in [7, 11) is 0. The van der Waals surface area contributed by atoms with Crippen molar-refractivity contribution in [3.63, 3.8) is 0 Å². The second-order valence-electron chi connectivity index (χ2n) is 6.33. The largest absolute Gasteiger partial charge is 0.416 e. The van der Waals surface area contributed by atoms with Crippen LogP contribution in [0.2, 0.25) is 0 Å². The Bertz CT molecular complexity index is 674. The van der Waals surface area contributed by atoms with E-state index in [-0.39, 0.29) is 24.4 Å². The normalized spacial score (nSPS) is 27.8. The molecule has 0 spiro atoms. The number of hydrogen-bond donors (Lipinski definition) is 1. The van der Waals surface area contributed by atoms with E-state index in [0.29, 0.717) is 19.4 Å². The van der Waals surface area contributed by atoms with Crippen molar-refractivity contribution >= 4 is 11.7 Å². The quantitative estimate of drug-likeness (QED) is 0.900. The zero-order chi connectivity index (χ0) is 17.5. The summed E-state index contributed by atoms with van der Waals surface area (Å²) < 4.78 is 40.6. The van der Waals surface area contributed by atoms with E-state index in [4.69, 9.17) is 0 Å². The first-order valence-corrected chi connectivity index (χ1v) is 8.00. The molecule has 2 fully saturated rings. The lowest BCUT2D eigenvalue weighted by Gasteiger charge is -2.41. The first kappa shape index (κ1) is 17.0. The van der Waals surface area contributed by atoms with Gasteiger partial charge in [0.1, 0.15) is 5.54 Å². The fourth-order valence-electron chi connectivity index (χ4n) is 4.04. The van der Waals surface area contributed by atoms with E-state index in [0.717, 1.165) is 6.07 Å². The van der Waals surface area contributed by atoms with E-state index in [1.54, 1.807) is 4.90 Å². The highest BCUT2D eigenvalue weighted by atomic mass is 19.4. The molecule has 2 aliphatic heterocycles. The number of hydrogen-bond acceptors (Lipinski definition) is 3. The topological polar surface area (TPSA) is 49.4 Å². The Labute approximate surface area is 138 Å². The highest BCUT2D eigenvalue weighted by Crippen LogP contribution is 2.43. The van der Waals surface area contributed by atoms with E-state index < -0.39 is 29.1 Å². The molecule has 7 heteroatoms. The van der Waals surface area contributed by atoms with Gasteiger partial charge >= 0.3 is 6.18 Å². The Hall–Kier alpha value is -1.89. The van der Waals surface area contributed by atoms with Crippen LogP contribution in [0.5, 0.6) is 0 Å². The molecule has 0 aromatic heterocycles. The summed E-state index contributed by atoms with van der Waals surface area (Å²) >= 11 is 0. The van der Waals surface area contributed by atoms with Crippen LogP contribution in [0.4, 0.5) is 13.2 Å². The second kappa shape index (κ2) is 5.88. The van der Waals surface area contributed by atoms with E-state index in [1.807, 2.05) is 0 Å².